The van der Waals surface area contributed by atoms with Gasteiger partial charge in [0.25, 0.3) is 0 Å². The Hall–Kier alpha value is -7.54. The Morgan fingerprint density at radius 1 is 0.265 bits per heavy atom. The van der Waals surface area contributed by atoms with E-state index in [0.29, 0.717) is 0 Å². The maximum atomic E-state index is 2.56. The van der Waals surface area contributed by atoms with E-state index in [1.54, 1.807) is 0 Å². The molecule has 0 aliphatic carbocycles. The third kappa shape index (κ3) is 5.86. The molecule has 0 fully saturated rings. The van der Waals surface area contributed by atoms with Gasteiger partial charge >= 0.3 is 0 Å². The molecule has 326 valence electrons. The molecular weight excluding hydrogens is 817 g/mol. The SMILES string of the molecule is Cc1cccc(C)c1-c1ccc2c(c1)c1cccc3c4c(-c5ccccc5)c5c6cccc7c(-c8cc(C(C)(C)C)cc9ccc(C(C)(C)C)cc89)ccc(c5c(-c5ccccc5)c4cc2c13)c76. The Balaban J connectivity index is 1.21. The molecule has 68 heavy (non-hydrogen) atoms. The predicted molar refractivity (Wildman–Crippen MR) is 297 cm³/mol. The Kier molecular flexibility index (Phi) is 8.67. The van der Waals surface area contributed by atoms with Gasteiger partial charge in [-0.05, 0) is 196 Å². The largest absolute Gasteiger partial charge is 0.0622 e. The summed E-state index contributed by atoms with van der Waals surface area (Å²) in [6, 6.07) is 70.0. The van der Waals surface area contributed by atoms with Gasteiger partial charge in [0.15, 0.2) is 0 Å². The molecule has 13 aromatic carbocycles. The number of aryl methyl sites for hydroxylation is 2. The molecular formula is C68H54. The highest BCUT2D eigenvalue weighted by Crippen LogP contribution is 2.56. The lowest BCUT2D eigenvalue weighted by Gasteiger charge is -2.24. The van der Waals surface area contributed by atoms with Gasteiger partial charge in [-0.3, -0.25) is 0 Å². The highest BCUT2D eigenvalue weighted by Gasteiger charge is 2.28. The first-order valence-electron chi connectivity index (χ1n) is 24.4. The van der Waals surface area contributed by atoms with E-state index in [1.807, 2.05) is 0 Å². The molecule has 0 aromatic heterocycles. The summed E-state index contributed by atoms with van der Waals surface area (Å²) in [6.45, 7) is 18.5. The van der Waals surface area contributed by atoms with Gasteiger partial charge in [0, 0.05) is 0 Å². The first kappa shape index (κ1) is 40.7. The van der Waals surface area contributed by atoms with Gasteiger partial charge in [0.05, 0.1) is 0 Å². The lowest BCUT2D eigenvalue weighted by atomic mass is 9.80. The summed E-state index contributed by atoms with van der Waals surface area (Å²) < 4.78 is 0. The maximum absolute atomic E-state index is 2.56. The molecule has 0 aliphatic heterocycles. The van der Waals surface area contributed by atoms with Gasteiger partial charge in [0.2, 0.25) is 0 Å². The van der Waals surface area contributed by atoms with Crippen LogP contribution in [0.5, 0.6) is 0 Å². The first-order valence-corrected chi connectivity index (χ1v) is 24.4. The second-order valence-electron chi connectivity index (χ2n) is 21.7. The number of hydrogen-bond donors (Lipinski definition) is 0. The van der Waals surface area contributed by atoms with E-state index >= 15 is 0 Å². The molecule has 0 radical (unpaired) electrons. The molecule has 0 nitrogen and oxygen atoms in total. The molecule has 13 aromatic rings. The van der Waals surface area contributed by atoms with E-state index in [4.69, 9.17) is 0 Å². The van der Waals surface area contributed by atoms with E-state index in [1.165, 1.54) is 153 Å². The van der Waals surface area contributed by atoms with Crippen LogP contribution in [-0.2, 0) is 10.8 Å². The molecule has 0 atom stereocenters. The highest BCUT2D eigenvalue weighted by atomic mass is 14.3. The van der Waals surface area contributed by atoms with Crippen molar-refractivity contribution in [3.05, 3.63) is 204 Å². The van der Waals surface area contributed by atoms with E-state index < -0.39 is 0 Å². The Morgan fingerprint density at radius 3 is 1.53 bits per heavy atom. The van der Waals surface area contributed by atoms with Crippen molar-refractivity contribution < 1.29 is 0 Å². The molecule has 13 rings (SSSR count). The fourth-order valence-corrected chi connectivity index (χ4v) is 12.2. The zero-order chi connectivity index (χ0) is 46.4. The standard InChI is InChI=1S/C68H54/c1-39-18-15-19-40(2)59(39)44-29-31-48-55(35-44)50-25-17-26-51-63(50)57(48)38-58-60(41-20-11-9-12-21-41)65-53-33-32-47(56-37-46(68(6,7)8)34-43-28-30-45(36-54(43)56)67(3,4)5)49-24-16-27-52(62(49)53)66(65)61(64(51)58)42-22-13-10-14-23-42/h9-38H,1-8H3. The summed E-state index contributed by atoms with van der Waals surface area (Å²) in [4.78, 5) is 0. The summed E-state index contributed by atoms with van der Waals surface area (Å²) in [5.74, 6) is 0. The second-order valence-corrected chi connectivity index (χ2v) is 21.7. The zero-order valence-electron chi connectivity index (χ0n) is 40.3. The normalized spacial score (nSPS) is 12.7. The van der Waals surface area contributed by atoms with Crippen LogP contribution in [0.2, 0.25) is 0 Å². The van der Waals surface area contributed by atoms with Gasteiger partial charge in [-0.1, -0.05) is 205 Å². The summed E-state index contributed by atoms with van der Waals surface area (Å²) in [7, 11) is 0. The first-order chi connectivity index (χ1) is 32.8. The van der Waals surface area contributed by atoms with Gasteiger partial charge in [0.1, 0.15) is 0 Å². The van der Waals surface area contributed by atoms with Crippen molar-refractivity contribution in [1.29, 1.82) is 0 Å². The molecule has 0 heterocycles. The monoisotopic (exact) mass is 870 g/mol. The van der Waals surface area contributed by atoms with Crippen LogP contribution in [0.1, 0.15) is 63.8 Å². The fraction of sp³-hybridized carbons (Fsp3) is 0.147. The minimum Gasteiger partial charge on any atom is -0.0622 e. The van der Waals surface area contributed by atoms with Gasteiger partial charge in [-0.25, -0.2) is 0 Å². The molecule has 0 saturated carbocycles. The molecule has 0 amide bonds. The molecule has 0 saturated heterocycles. The van der Waals surface area contributed by atoms with Crippen LogP contribution in [0.4, 0.5) is 0 Å². The number of hydrogen-bond acceptors (Lipinski definition) is 0. The predicted octanol–water partition coefficient (Wildman–Crippen LogP) is 19.7. The molecule has 0 spiro atoms. The number of benzene rings is 11. The second kappa shape index (κ2) is 14.5. The lowest BCUT2D eigenvalue weighted by Crippen LogP contribution is -2.12. The molecule has 0 bridgehead atoms. The van der Waals surface area contributed by atoms with Crippen molar-refractivity contribution in [2.24, 2.45) is 0 Å². The minimum atomic E-state index is -0.0150. The summed E-state index contributed by atoms with van der Waals surface area (Å²) >= 11 is 0. The Bertz CT molecular complexity index is 4170. The molecule has 0 heteroatoms. The van der Waals surface area contributed by atoms with Crippen LogP contribution in [-0.4, -0.2) is 0 Å². The van der Waals surface area contributed by atoms with Gasteiger partial charge in [-0.2, -0.15) is 0 Å². The lowest BCUT2D eigenvalue weighted by molar-refractivity contribution is 0.589. The summed E-state index contributed by atoms with van der Waals surface area (Å²) in [5.41, 5.74) is 15.6. The van der Waals surface area contributed by atoms with Crippen molar-refractivity contribution in [1.82, 2.24) is 0 Å². The van der Waals surface area contributed by atoms with Gasteiger partial charge < -0.3 is 0 Å². The topological polar surface area (TPSA) is 0 Å². The van der Waals surface area contributed by atoms with E-state index in [9.17, 15) is 0 Å². The van der Waals surface area contributed by atoms with Crippen LogP contribution in [0.25, 0.3) is 131 Å². The quantitative estimate of drug-likeness (QED) is 0.155. The van der Waals surface area contributed by atoms with Crippen molar-refractivity contribution in [2.45, 2.75) is 66.2 Å². The maximum Gasteiger partial charge on any atom is -0.000719 e. The molecule has 0 unspecified atom stereocenters. The van der Waals surface area contributed by atoms with Crippen molar-refractivity contribution in [3.8, 4) is 44.5 Å². The number of rotatable bonds is 4. The van der Waals surface area contributed by atoms with Crippen LogP contribution in [0.15, 0.2) is 182 Å². The van der Waals surface area contributed by atoms with Gasteiger partial charge in [-0.15, -0.1) is 0 Å². The van der Waals surface area contributed by atoms with Crippen molar-refractivity contribution in [3.63, 3.8) is 0 Å². The number of fused-ring (bicyclic) bond motifs is 9. The average Bonchev–Trinajstić information content (AvgIpc) is 3.84. The third-order valence-corrected chi connectivity index (χ3v) is 15.5. The van der Waals surface area contributed by atoms with E-state index in [0.717, 1.165) is 0 Å². The summed E-state index contributed by atoms with van der Waals surface area (Å²) in [6.07, 6.45) is 0. The minimum absolute atomic E-state index is 0.0150. The van der Waals surface area contributed by atoms with Crippen LogP contribution in [0.3, 0.4) is 0 Å². The van der Waals surface area contributed by atoms with Crippen LogP contribution >= 0.6 is 0 Å². The Labute approximate surface area is 399 Å². The van der Waals surface area contributed by atoms with E-state index in [-0.39, 0.29) is 10.8 Å². The van der Waals surface area contributed by atoms with Crippen LogP contribution < -0.4 is 0 Å². The van der Waals surface area contributed by atoms with E-state index in [2.05, 4.69) is 237 Å². The summed E-state index contributed by atoms with van der Waals surface area (Å²) in [5, 5.41) is 21.1. The molecule has 0 aliphatic rings. The molecule has 0 N–H and O–H groups in total. The van der Waals surface area contributed by atoms with Crippen molar-refractivity contribution in [2.75, 3.05) is 0 Å². The van der Waals surface area contributed by atoms with Crippen molar-refractivity contribution >= 4 is 86.2 Å². The average molecular weight is 871 g/mol. The third-order valence-electron chi connectivity index (χ3n) is 15.5. The zero-order valence-corrected chi connectivity index (χ0v) is 40.3. The smallest absolute Gasteiger partial charge is 0.000719 e. The Morgan fingerprint density at radius 2 is 0.838 bits per heavy atom. The fourth-order valence-electron chi connectivity index (χ4n) is 12.2. The highest BCUT2D eigenvalue weighted by molar-refractivity contribution is 6.45. The van der Waals surface area contributed by atoms with Crippen LogP contribution in [0, 0.1) is 13.8 Å².